The summed E-state index contributed by atoms with van der Waals surface area (Å²) >= 11 is 0. The number of nitrogens with zero attached hydrogens (tertiary/aromatic N) is 3. The fraction of sp³-hybridized carbons (Fsp3) is 0.133. The number of hydrogen-bond donors (Lipinski definition) is 1. The van der Waals surface area contributed by atoms with Crippen molar-refractivity contribution in [3.05, 3.63) is 54.2 Å². The molecule has 0 saturated heterocycles. The van der Waals surface area contributed by atoms with Crippen LogP contribution < -0.4 is 10.1 Å². The van der Waals surface area contributed by atoms with E-state index in [1.165, 1.54) is 5.56 Å². The maximum atomic E-state index is 5.18. The second kappa shape index (κ2) is 5.52. The fourth-order valence-corrected chi connectivity index (χ4v) is 2.01. The lowest BCUT2D eigenvalue weighted by Crippen LogP contribution is -2.04. The van der Waals surface area contributed by atoms with Gasteiger partial charge in [-0.05, 0) is 17.7 Å². The zero-order valence-electron chi connectivity index (χ0n) is 11.1. The SMILES string of the molecule is COc1nnc(NCc2ccccc2)c2cccnc12. The lowest BCUT2D eigenvalue weighted by molar-refractivity contribution is 0.397. The van der Waals surface area contributed by atoms with E-state index in [0.29, 0.717) is 23.8 Å². The second-order valence-electron chi connectivity index (χ2n) is 4.30. The number of pyridine rings is 1. The molecule has 0 aliphatic carbocycles. The van der Waals surface area contributed by atoms with E-state index in [2.05, 4.69) is 32.6 Å². The smallest absolute Gasteiger partial charge is 0.260 e. The van der Waals surface area contributed by atoms with Gasteiger partial charge in [0.25, 0.3) is 5.88 Å². The summed E-state index contributed by atoms with van der Waals surface area (Å²) in [7, 11) is 1.56. The highest BCUT2D eigenvalue weighted by atomic mass is 16.5. The minimum atomic E-state index is 0.436. The average Bonchev–Trinajstić information content (AvgIpc) is 2.53. The molecule has 0 atom stereocenters. The molecule has 5 heteroatoms. The van der Waals surface area contributed by atoms with Crippen molar-refractivity contribution in [1.29, 1.82) is 0 Å². The molecule has 0 aliphatic rings. The quantitative estimate of drug-likeness (QED) is 0.786. The number of benzene rings is 1. The molecule has 3 rings (SSSR count). The van der Waals surface area contributed by atoms with Crippen molar-refractivity contribution in [3.63, 3.8) is 0 Å². The van der Waals surface area contributed by atoms with E-state index in [9.17, 15) is 0 Å². The van der Waals surface area contributed by atoms with E-state index in [1.54, 1.807) is 13.3 Å². The van der Waals surface area contributed by atoms with Crippen LogP contribution in [-0.2, 0) is 6.54 Å². The summed E-state index contributed by atoms with van der Waals surface area (Å²) in [5.41, 5.74) is 1.89. The lowest BCUT2D eigenvalue weighted by Gasteiger charge is -2.09. The molecule has 100 valence electrons. The molecule has 2 aromatic heterocycles. The Morgan fingerprint density at radius 3 is 2.70 bits per heavy atom. The van der Waals surface area contributed by atoms with E-state index in [4.69, 9.17) is 4.74 Å². The highest BCUT2D eigenvalue weighted by Crippen LogP contribution is 2.25. The molecule has 0 radical (unpaired) electrons. The Morgan fingerprint density at radius 2 is 1.90 bits per heavy atom. The van der Waals surface area contributed by atoms with E-state index in [0.717, 1.165) is 5.39 Å². The van der Waals surface area contributed by atoms with Gasteiger partial charge in [-0.2, -0.15) is 0 Å². The maximum absolute atomic E-state index is 5.18. The van der Waals surface area contributed by atoms with Gasteiger partial charge in [0, 0.05) is 12.7 Å². The lowest BCUT2D eigenvalue weighted by atomic mass is 10.2. The molecule has 20 heavy (non-hydrogen) atoms. The normalized spacial score (nSPS) is 10.4. The number of aromatic nitrogens is 3. The van der Waals surface area contributed by atoms with Crippen LogP contribution in [0.4, 0.5) is 5.82 Å². The summed E-state index contributed by atoms with van der Waals surface area (Å²) in [5.74, 6) is 1.14. The third-order valence-corrected chi connectivity index (χ3v) is 3.00. The second-order valence-corrected chi connectivity index (χ2v) is 4.30. The first kappa shape index (κ1) is 12.3. The van der Waals surface area contributed by atoms with E-state index < -0.39 is 0 Å². The topological polar surface area (TPSA) is 59.9 Å². The molecule has 0 fully saturated rings. The Balaban J connectivity index is 1.92. The molecule has 5 nitrogen and oxygen atoms in total. The molecule has 1 N–H and O–H groups in total. The molecule has 0 unspecified atom stereocenters. The van der Waals surface area contributed by atoms with Crippen molar-refractivity contribution < 1.29 is 4.74 Å². The van der Waals surface area contributed by atoms with Gasteiger partial charge in [-0.1, -0.05) is 30.3 Å². The van der Waals surface area contributed by atoms with Crippen LogP contribution in [0, 0.1) is 0 Å². The van der Waals surface area contributed by atoms with Gasteiger partial charge >= 0.3 is 0 Å². The van der Waals surface area contributed by atoms with Gasteiger partial charge in [-0.25, -0.2) is 0 Å². The molecule has 1 aromatic carbocycles. The monoisotopic (exact) mass is 266 g/mol. The van der Waals surface area contributed by atoms with Crippen LogP contribution in [0.5, 0.6) is 5.88 Å². The Bertz CT molecular complexity index is 715. The van der Waals surface area contributed by atoms with Crippen LogP contribution >= 0.6 is 0 Å². The van der Waals surface area contributed by atoms with Gasteiger partial charge in [-0.3, -0.25) is 4.98 Å². The summed E-state index contributed by atoms with van der Waals surface area (Å²) < 4.78 is 5.18. The number of nitrogens with one attached hydrogen (secondary N) is 1. The third kappa shape index (κ3) is 2.38. The fourth-order valence-electron chi connectivity index (χ4n) is 2.01. The molecular weight excluding hydrogens is 252 g/mol. The average molecular weight is 266 g/mol. The van der Waals surface area contributed by atoms with Crippen molar-refractivity contribution >= 4 is 16.7 Å². The van der Waals surface area contributed by atoms with Crippen LogP contribution in [-0.4, -0.2) is 22.3 Å². The van der Waals surface area contributed by atoms with E-state index >= 15 is 0 Å². The zero-order valence-corrected chi connectivity index (χ0v) is 11.1. The maximum Gasteiger partial charge on any atom is 0.260 e. The van der Waals surface area contributed by atoms with E-state index in [1.807, 2.05) is 30.3 Å². The van der Waals surface area contributed by atoms with Crippen molar-refractivity contribution in [1.82, 2.24) is 15.2 Å². The third-order valence-electron chi connectivity index (χ3n) is 3.00. The van der Waals surface area contributed by atoms with Crippen LogP contribution in [0.25, 0.3) is 10.9 Å². The van der Waals surface area contributed by atoms with E-state index in [-0.39, 0.29) is 0 Å². The van der Waals surface area contributed by atoms with Crippen LogP contribution in [0.15, 0.2) is 48.7 Å². The van der Waals surface area contributed by atoms with Gasteiger partial charge in [0.05, 0.1) is 12.5 Å². The number of anilines is 1. The number of rotatable bonds is 4. The molecule has 0 saturated carbocycles. The number of methoxy groups -OCH3 is 1. The number of hydrogen-bond acceptors (Lipinski definition) is 5. The Hall–Kier alpha value is -2.69. The molecule has 0 aliphatic heterocycles. The van der Waals surface area contributed by atoms with Crippen molar-refractivity contribution in [2.24, 2.45) is 0 Å². The predicted molar refractivity (Wildman–Crippen MR) is 77.7 cm³/mol. The standard InChI is InChI=1S/C15H14N4O/c1-20-15-13-12(8-5-9-16-13)14(18-19-15)17-10-11-6-3-2-4-7-11/h2-9H,10H2,1H3,(H,17,18). The molecular formula is C15H14N4O. The summed E-state index contributed by atoms with van der Waals surface area (Å²) in [6.45, 7) is 0.686. The summed E-state index contributed by atoms with van der Waals surface area (Å²) in [6, 6.07) is 14.0. The Kier molecular flexibility index (Phi) is 3.41. The Morgan fingerprint density at radius 1 is 1.05 bits per heavy atom. The molecule has 0 spiro atoms. The van der Waals surface area contributed by atoms with Crippen LogP contribution in [0.2, 0.25) is 0 Å². The Labute approximate surface area is 116 Å². The minimum absolute atomic E-state index is 0.436. The largest absolute Gasteiger partial charge is 0.478 e. The van der Waals surface area contributed by atoms with Gasteiger partial charge < -0.3 is 10.1 Å². The van der Waals surface area contributed by atoms with Crippen molar-refractivity contribution in [3.8, 4) is 5.88 Å². The predicted octanol–water partition coefficient (Wildman–Crippen LogP) is 2.65. The van der Waals surface area contributed by atoms with Gasteiger partial charge in [-0.15, -0.1) is 10.2 Å². The highest BCUT2D eigenvalue weighted by Gasteiger charge is 2.09. The van der Waals surface area contributed by atoms with Crippen molar-refractivity contribution in [2.45, 2.75) is 6.54 Å². The number of fused-ring (bicyclic) bond motifs is 1. The first-order valence-corrected chi connectivity index (χ1v) is 6.31. The zero-order chi connectivity index (χ0) is 13.8. The molecule has 2 heterocycles. The van der Waals surface area contributed by atoms with Crippen molar-refractivity contribution in [2.75, 3.05) is 12.4 Å². The minimum Gasteiger partial charge on any atom is -0.478 e. The first-order chi connectivity index (χ1) is 9.88. The van der Waals surface area contributed by atoms with Crippen LogP contribution in [0.1, 0.15) is 5.56 Å². The van der Waals surface area contributed by atoms with Gasteiger partial charge in [0.2, 0.25) is 0 Å². The van der Waals surface area contributed by atoms with Crippen LogP contribution in [0.3, 0.4) is 0 Å². The van der Waals surface area contributed by atoms with Gasteiger partial charge in [0.1, 0.15) is 5.52 Å². The molecule has 0 amide bonds. The molecule has 0 bridgehead atoms. The summed E-state index contributed by atoms with van der Waals surface area (Å²) in [6.07, 6.45) is 1.72. The summed E-state index contributed by atoms with van der Waals surface area (Å²) in [4.78, 5) is 4.30. The summed E-state index contributed by atoms with van der Waals surface area (Å²) in [5, 5.41) is 12.4. The molecule has 3 aromatic rings. The highest BCUT2D eigenvalue weighted by molar-refractivity contribution is 5.91. The number of ether oxygens (including phenoxy) is 1. The van der Waals surface area contributed by atoms with Gasteiger partial charge in [0.15, 0.2) is 5.82 Å². The first-order valence-electron chi connectivity index (χ1n) is 6.31.